The van der Waals surface area contributed by atoms with Gasteiger partial charge in [-0.05, 0) is 24.6 Å². The normalized spacial score (nSPS) is 10.7. The lowest BCUT2D eigenvalue weighted by Gasteiger charge is -2.05. The molecule has 4 heteroatoms. The van der Waals surface area contributed by atoms with Crippen LogP contribution in [0.5, 0.6) is 0 Å². The number of aliphatic hydroxyl groups excluding tert-OH is 1. The fraction of sp³-hybridized carbons (Fsp3) is 0.308. The Balaban J connectivity index is 1.97. The van der Waals surface area contributed by atoms with E-state index >= 15 is 0 Å². The molecule has 0 bridgehead atoms. The molecule has 0 aliphatic carbocycles. The number of aliphatic hydroxyl groups is 1. The second-order valence-corrected chi connectivity index (χ2v) is 4.77. The third-order valence-electron chi connectivity index (χ3n) is 2.62. The Morgan fingerprint density at radius 2 is 2.06 bits per heavy atom. The van der Waals surface area contributed by atoms with E-state index in [9.17, 15) is 0 Å². The van der Waals surface area contributed by atoms with Crippen molar-refractivity contribution in [3.05, 3.63) is 48.0 Å². The van der Waals surface area contributed by atoms with Crippen molar-refractivity contribution < 1.29 is 5.11 Å². The maximum absolute atomic E-state index is 8.96. The van der Waals surface area contributed by atoms with E-state index in [1.807, 2.05) is 36.7 Å². The first-order valence-corrected chi connectivity index (χ1v) is 6.64. The third kappa shape index (κ3) is 3.11. The Hall–Kier alpha value is -1.26. The van der Waals surface area contributed by atoms with E-state index in [0.717, 1.165) is 23.7 Å². The molecule has 90 valence electrons. The number of hydrogen-bond acceptors (Lipinski definition) is 3. The van der Waals surface area contributed by atoms with E-state index in [-0.39, 0.29) is 6.61 Å². The van der Waals surface area contributed by atoms with E-state index in [1.54, 1.807) is 11.8 Å². The minimum atomic E-state index is 0.102. The molecule has 0 aliphatic heterocycles. The quantitative estimate of drug-likeness (QED) is 0.827. The van der Waals surface area contributed by atoms with Gasteiger partial charge in [-0.1, -0.05) is 12.1 Å². The molecule has 0 atom stereocenters. The fourth-order valence-electron chi connectivity index (χ4n) is 1.61. The summed E-state index contributed by atoms with van der Waals surface area (Å²) in [5.74, 6) is 1.97. The minimum Gasteiger partial charge on any atom is -0.392 e. The first-order chi connectivity index (χ1) is 8.33. The molecule has 0 saturated carbocycles. The zero-order valence-corrected chi connectivity index (χ0v) is 10.7. The van der Waals surface area contributed by atoms with Gasteiger partial charge < -0.3 is 9.67 Å². The van der Waals surface area contributed by atoms with Gasteiger partial charge >= 0.3 is 0 Å². The smallest absolute Gasteiger partial charge is 0.119 e. The molecule has 0 radical (unpaired) electrons. The standard InChI is InChI=1S/C13H16N2OS/c1-2-15-8-7-14-13(15)10-17-12-5-3-11(9-16)4-6-12/h3-8,16H,2,9-10H2,1H3. The lowest BCUT2D eigenvalue weighted by atomic mass is 10.2. The van der Waals surface area contributed by atoms with Crippen LogP contribution in [0.3, 0.4) is 0 Å². The lowest BCUT2D eigenvalue weighted by molar-refractivity contribution is 0.282. The summed E-state index contributed by atoms with van der Waals surface area (Å²) in [6.45, 7) is 3.18. The summed E-state index contributed by atoms with van der Waals surface area (Å²) in [4.78, 5) is 5.54. The second kappa shape index (κ2) is 5.89. The predicted octanol–water partition coefficient (Wildman–Crippen LogP) is 2.69. The molecule has 1 N–H and O–H groups in total. The topological polar surface area (TPSA) is 38.0 Å². The number of nitrogens with zero attached hydrogens (tertiary/aromatic N) is 2. The Morgan fingerprint density at radius 3 is 2.71 bits per heavy atom. The van der Waals surface area contributed by atoms with Crippen molar-refractivity contribution in [3.8, 4) is 0 Å². The van der Waals surface area contributed by atoms with E-state index < -0.39 is 0 Å². The average Bonchev–Trinajstić information content (AvgIpc) is 2.84. The summed E-state index contributed by atoms with van der Waals surface area (Å²) in [5, 5.41) is 8.96. The minimum absolute atomic E-state index is 0.102. The molecule has 1 aromatic heterocycles. The van der Waals surface area contributed by atoms with Crippen molar-refractivity contribution in [2.24, 2.45) is 0 Å². The molecule has 0 amide bonds. The van der Waals surface area contributed by atoms with E-state index in [4.69, 9.17) is 5.11 Å². The van der Waals surface area contributed by atoms with Crippen molar-refractivity contribution in [1.29, 1.82) is 0 Å². The van der Waals surface area contributed by atoms with Crippen LogP contribution in [0.2, 0.25) is 0 Å². The van der Waals surface area contributed by atoms with E-state index in [0.29, 0.717) is 0 Å². The van der Waals surface area contributed by atoms with E-state index in [2.05, 4.69) is 16.5 Å². The van der Waals surface area contributed by atoms with Crippen molar-refractivity contribution in [2.75, 3.05) is 0 Å². The van der Waals surface area contributed by atoms with Gasteiger partial charge in [-0.25, -0.2) is 4.98 Å². The van der Waals surface area contributed by atoms with Gasteiger partial charge in [0.1, 0.15) is 5.82 Å². The van der Waals surface area contributed by atoms with Crippen LogP contribution >= 0.6 is 11.8 Å². The molecule has 0 unspecified atom stereocenters. The molecule has 0 saturated heterocycles. The largest absolute Gasteiger partial charge is 0.392 e. The molecule has 0 aliphatic rings. The third-order valence-corrected chi connectivity index (χ3v) is 3.62. The number of hydrogen-bond donors (Lipinski definition) is 1. The van der Waals surface area contributed by atoms with Crippen LogP contribution in [-0.2, 0) is 18.9 Å². The van der Waals surface area contributed by atoms with Gasteiger partial charge in [-0.3, -0.25) is 0 Å². The Kier molecular flexibility index (Phi) is 4.23. The number of aromatic nitrogens is 2. The van der Waals surface area contributed by atoms with Gasteiger partial charge in [0.05, 0.1) is 12.4 Å². The number of thioether (sulfide) groups is 1. The maximum atomic E-state index is 8.96. The lowest BCUT2D eigenvalue weighted by Crippen LogP contribution is -1.98. The predicted molar refractivity (Wildman–Crippen MR) is 69.8 cm³/mol. The van der Waals surface area contributed by atoms with Crippen LogP contribution in [-0.4, -0.2) is 14.7 Å². The van der Waals surface area contributed by atoms with Gasteiger partial charge in [-0.15, -0.1) is 11.8 Å². The average molecular weight is 248 g/mol. The van der Waals surface area contributed by atoms with Crippen molar-refractivity contribution >= 4 is 11.8 Å². The fourth-order valence-corrected chi connectivity index (χ4v) is 2.47. The van der Waals surface area contributed by atoms with Gasteiger partial charge in [0.25, 0.3) is 0 Å². The number of benzene rings is 1. The van der Waals surface area contributed by atoms with Crippen LogP contribution in [0, 0.1) is 0 Å². The second-order valence-electron chi connectivity index (χ2n) is 3.72. The maximum Gasteiger partial charge on any atom is 0.119 e. The molecule has 1 aromatic carbocycles. The Labute approximate surface area is 106 Å². The summed E-state index contributed by atoms with van der Waals surface area (Å²) in [5.41, 5.74) is 0.949. The van der Waals surface area contributed by atoms with Crippen LogP contribution in [0.15, 0.2) is 41.6 Å². The van der Waals surface area contributed by atoms with Gasteiger partial charge in [0, 0.05) is 23.8 Å². The van der Waals surface area contributed by atoms with E-state index in [1.165, 1.54) is 4.90 Å². The molecule has 3 nitrogen and oxygen atoms in total. The molecular weight excluding hydrogens is 232 g/mol. The number of rotatable bonds is 5. The highest BCUT2D eigenvalue weighted by molar-refractivity contribution is 7.98. The summed E-state index contributed by atoms with van der Waals surface area (Å²) in [7, 11) is 0. The number of imidazole rings is 1. The molecule has 17 heavy (non-hydrogen) atoms. The SMILES string of the molecule is CCn1ccnc1CSc1ccc(CO)cc1. The van der Waals surface area contributed by atoms with Crippen molar-refractivity contribution in [1.82, 2.24) is 9.55 Å². The zero-order valence-electron chi connectivity index (χ0n) is 9.84. The van der Waals surface area contributed by atoms with Gasteiger partial charge in [0.15, 0.2) is 0 Å². The molecule has 0 spiro atoms. The highest BCUT2D eigenvalue weighted by Crippen LogP contribution is 2.22. The molecule has 0 fully saturated rings. The zero-order chi connectivity index (χ0) is 12.1. The van der Waals surface area contributed by atoms with Crippen molar-refractivity contribution in [2.45, 2.75) is 30.7 Å². The summed E-state index contributed by atoms with van der Waals surface area (Å²) >= 11 is 1.76. The van der Waals surface area contributed by atoms with Crippen LogP contribution in [0.25, 0.3) is 0 Å². The van der Waals surface area contributed by atoms with Gasteiger partial charge in [0.2, 0.25) is 0 Å². The summed E-state index contributed by atoms with van der Waals surface area (Å²) in [6, 6.07) is 7.98. The Morgan fingerprint density at radius 1 is 1.29 bits per heavy atom. The summed E-state index contributed by atoms with van der Waals surface area (Å²) in [6.07, 6.45) is 3.85. The van der Waals surface area contributed by atoms with Gasteiger partial charge in [-0.2, -0.15) is 0 Å². The molecule has 1 heterocycles. The molecule has 2 rings (SSSR count). The van der Waals surface area contributed by atoms with Crippen LogP contribution in [0.4, 0.5) is 0 Å². The molecular formula is C13H16N2OS. The monoisotopic (exact) mass is 248 g/mol. The Bertz CT molecular complexity index is 465. The van der Waals surface area contributed by atoms with Crippen molar-refractivity contribution in [3.63, 3.8) is 0 Å². The molecule has 2 aromatic rings. The first-order valence-electron chi connectivity index (χ1n) is 5.66. The van der Waals surface area contributed by atoms with Crippen LogP contribution < -0.4 is 0 Å². The number of aryl methyl sites for hydroxylation is 1. The first kappa shape index (κ1) is 12.2. The summed E-state index contributed by atoms with van der Waals surface area (Å²) < 4.78 is 2.15. The highest BCUT2D eigenvalue weighted by Gasteiger charge is 2.02. The van der Waals surface area contributed by atoms with Crippen LogP contribution in [0.1, 0.15) is 18.3 Å². The highest BCUT2D eigenvalue weighted by atomic mass is 32.2.